The van der Waals surface area contributed by atoms with E-state index in [0.717, 1.165) is 16.7 Å². The fourth-order valence-corrected chi connectivity index (χ4v) is 2.86. The number of rotatable bonds is 4. The largest absolute Gasteiger partial charge is 0.384 e. The highest BCUT2D eigenvalue weighted by atomic mass is 16.1. The maximum atomic E-state index is 12.9. The van der Waals surface area contributed by atoms with Gasteiger partial charge in [0.05, 0.1) is 23.5 Å². The molecular weight excluding hydrogens is 342 g/mol. The summed E-state index contributed by atoms with van der Waals surface area (Å²) < 4.78 is 1.65. The van der Waals surface area contributed by atoms with Crippen LogP contribution in [0.25, 0.3) is 16.6 Å². The summed E-state index contributed by atoms with van der Waals surface area (Å²) in [7, 11) is 0. The van der Waals surface area contributed by atoms with Gasteiger partial charge in [-0.15, -0.1) is 0 Å². The average Bonchev–Trinajstić information content (AvgIpc) is 3.32. The molecule has 0 aliphatic carbocycles. The Morgan fingerprint density at radius 2 is 2.07 bits per heavy atom. The minimum atomic E-state index is -0.279. The molecule has 134 valence electrons. The quantitative estimate of drug-likeness (QED) is 0.330. The molecule has 4 rings (SSSR count). The molecule has 3 heterocycles. The highest BCUT2D eigenvalue weighted by Gasteiger charge is 2.15. The predicted molar refractivity (Wildman–Crippen MR) is 103 cm³/mol. The molecule has 1 aromatic carbocycles. The van der Waals surface area contributed by atoms with Crippen molar-refractivity contribution in [3.63, 3.8) is 0 Å². The standard InChI is InChI=1S/C19H17N7O/c1-11-2-3-13(18(20)21)6-16(11)25-19(27)15-10-24-26-5-4-12(7-17(15)26)14-8-22-23-9-14/h2-10H,1H3,(H3,20,21)(H,22,23)(H,25,27). The minimum absolute atomic E-state index is 0.0498. The van der Waals surface area contributed by atoms with E-state index in [-0.39, 0.29) is 11.7 Å². The number of hydrogen-bond donors (Lipinski definition) is 4. The van der Waals surface area contributed by atoms with E-state index in [1.807, 2.05) is 25.1 Å². The molecule has 4 aromatic rings. The van der Waals surface area contributed by atoms with Gasteiger partial charge in [0.1, 0.15) is 5.84 Å². The van der Waals surface area contributed by atoms with Crippen LogP contribution in [0, 0.1) is 12.3 Å². The molecule has 0 radical (unpaired) electrons. The molecule has 0 bridgehead atoms. The van der Waals surface area contributed by atoms with Crippen molar-refractivity contribution >= 4 is 22.9 Å². The summed E-state index contributed by atoms with van der Waals surface area (Å²) in [5.74, 6) is -0.329. The van der Waals surface area contributed by atoms with Crippen LogP contribution in [0.15, 0.2) is 55.1 Å². The molecule has 1 amide bonds. The number of nitrogens with two attached hydrogens (primary N) is 1. The summed E-state index contributed by atoms with van der Waals surface area (Å²) in [4.78, 5) is 12.9. The third-order valence-corrected chi connectivity index (χ3v) is 4.39. The fraction of sp³-hybridized carbons (Fsp3) is 0.0526. The van der Waals surface area contributed by atoms with E-state index in [9.17, 15) is 4.79 Å². The van der Waals surface area contributed by atoms with Crippen LogP contribution in [0.5, 0.6) is 0 Å². The number of aromatic amines is 1. The van der Waals surface area contributed by atoms with Gasteiger partial charge in [-0.05, 0) is 36.2 Å². The summed E-state index contributed by atoms with van der Waals surface area (Å²) in [6.07, 6.45) is 6.85. The van der Waals surface area contributed by atoms with E-state index in [1.165, 1.54) is 6.20 Å². The van der Waals surface area contributed by atoms with Crippen molar-refractivity contribution in [2.24, 2.45) is 5.73 Å². The molecule has 8 nitrogen and oxygen atoms in total. The Bertz CT molecular complexity index is 1160. The first-order valence-corrected chi connectivity index (χ1v) is 8.26. The lowest BCUT2D eigenvalue weighted by Gasteiger charge is -2.10. The van der Waals surface area contributed by atoms with E-state index in [1.54, 1.807) is 35.2 Å². The smallest absolute Gasteiger partial charge is 0.259 e. The van der Waals surface area contributed by atoms with Crippen molar-refractivity contribution < 1.29 is 4.79 Å². The number of nitrogen functional groups attached to an aromatic ring is 1. The van der Waals surface area contributed by atoms with Gasteiger partial charge in [0, 0.05) is 29.2 Å². The van der Waals surface area contributed by atoms with Crippen LogP contribution >= 0.6 is 0 Å². The maximum absolute atomic E-state index is 12.9. The third kappa shape index (κ3) is 3.04. The van der Waals surface area contributed by atoms with Gasteiger partial charge < -0.3 is 11.1 Å². The van der Waals surface area contributed by atoms with E-state index >= 15 is 0 Å². The number of amidine groups is 1. The van der Waals surface area contributed by atoms with Crippen molar-refractivity contribution in [2.75, 3.05) is 5.32 Å². The highest BCUT2D eigenvalue weighted by molar-refractivity contribution is 6.09. The number of nitrogens with zero attached hydrogens (tertiary/aromatic N) is 3. The number of pyridine rings is 1. The summed E-state index contributed by atoms with van der Waals surface area (Å²) in [5, 5.41) is 21.4. The topological polar surface area (TPSA) is 125 Å². The second kappa shape index (κ2) is 6.41. The Balaban J connectivity index is 1.70. The van der Waals surface area contributed by atoms with Crippen molar-refractivity contribution in [1.82, 2.24) is 19.8 Å². The number of anilines is 1. The zero-order chi connectivity index (χ0) is 19.0. The van der Waals surface area contributed by atoms with Crippen LogP contribution in [0.3, 0.4) is 0 Å². The van der Waals surface area contributed by atoms with Crippen LogP contribution in [-0.2, 0) is 0 Å². The molecule has 0 aliphatic rings. The molecular formula is C19H17N7O. The van der Waals surface area contributed by atoms with Crippen LogP contribution < -0.4 is 11.1 Å². The summed E-state index contributed by atoms with van der Waals surface area (Å²) >= 11 is 0. The molecule has 0 unspecified atom stereocenters. The number of amides is 1. The van der Waals surface area contributed by atoms with Gasteiger partial charge in [0.15, 0.2) is 0 Å². The monoisotopic (exact) mass is 359 g/mol. The zero-order valence-corrected chi connectivity index (χ0v) is 14.5. The average molecular weight is 359 g/mol. The van der Waals surface area contributed by atoms with Gasteiger partial charge >= 0.3 is 0 Å². The molecule has 8 heteroatoms. The summed E-state index contributed by atoms with van der Waals surface area (Å²) in [6.45, 7) is 1.88. The lowest BCUT2D eigenvalue weighted by atomic mass is 10.1. The van der Waals surface area contributed by atoms with Gasteiger partial charge in [-0.2, -0.15) is 10.2 Å². The highest BCUT2D eigenvalue weighted by Crippen LogP contribution is 2.23. The number of fused-ring (bicyclic) bond motifs is 1. The Morgan fingerprint density at radius 3 is 2.81 bits per heavy atom. The Hall–Kier alpha value is -3.94. The summed E-state index contributed by atoms with van der Waals surface area (Å²) in [6, 6.07) is 9.07. The third-order valence-electron chi connectivity index (χ3n) is 4.39. The molecule has 27 heavy (non-hydrogen) atoms. The Morgan fingerprint density at radius 1 is 1.22 bits per heavy atom. The molecule has 0 spiro atoms. The van der Waals surface area contributed by atoms with E-state index in [0.29, 0.717) is 22.3 Å². The second-order valence-corrected chi connectivity index (χ2v) is 6.19. The first-order valence-electron chi connectivity index (χ1n) is 8.26. The molecule has 3 aromatic heterocycles. The zero-order valence-electron chi connectivity index (χ0n) is 14.5. The van der Waals surface area contributed by atoms with Gasteiger partial charge in [-0.25, -0.2) is 4.52 Å². The molecule has 0 saturated heterocycles. The fourth-order valence-electron chi connectivity index (χ4n) is 2.86. The van der Waals surface area contributed by atoms with Crippen molar-refractivity contribution in [1.29, 1.82) is 5.41 Å². The number of benzene rings is 1. The maximum Gasteiger partial charge on any atom is 0.259 e. The lowest BCUT2D eigenvalue weighted by molar-refractivity contribution is 0.102. The van der Waals surface area contributed by atoms with Crippen molar-refractivity contribution in [3.8, 4) is 11.1 Å². The van der Waals surface area contributed by atoms with E-state index in [4.69, 9.17) is 11.1 Å². The van der Waals surface area contributed by atoms with Crippen LogP contribution in [0.1, 0.15) is 21.5 Å². The molecule has 5 N–H and O–H groups in total. The summed E-state index contributed by atoms with van der Waals surface area (Å²) in [5.41, 5.74) is 10.6. The Kier molecular flexibility index (Phi) is 3.92. The number of carbonyl (C=O) groups excluding carboxylic acids is 1. The normalized spacial score (nSPS) is 10.9. The number of carbonyl (C=O) groups is 1. The Labute approximate surface area is 154 Å². The van der Waals surface area contributed by atoms with Gasteiger partial charge in [-0.3, -0.25) is 15.3 Å². The number of aryl methyl sites for hydroxylation is 1. The van der Waals surface area contributed by atoms with E-state index < -0.39 is 0 Å². The predicted octanol–water partition coefficient (Wildman–Crippen LogP) is 2.57. The first-order chi connectivity index (χ1) is 13.0. The van der Waals surface area contributed by atoms with Crippen LogP contribution in [-0.4, -0.2) is 31.6 Å². The van der Waals surface area contributed by atoms with Crippen molar-refractivity contribution in [3.05, 3.63) is 71.8 Å². The first kappa shape index (κ1) is 16.5. The lowest BCUT2D eigenvalue weighted by Crippen LogP contribution is -2.15. The van der Waals surface area contributed by atoms with Crippen molar-refractivity contribution in [2.45, 2.75) is 6.92 Å². The van der Waals surface area contributed by atoms with Crippen LogP contribution in [0.4, 0.5) is 5.69 Å². The van der Waals surface area contributed by atoms with Crippen LogP contribution in [0.2, 0.25) is 0 Å². The number of hydrogen-bond acceptors (Lipinski definition) is 4. The second-order valence-electron chi connectivity index (χ2n) is 6.19. The molecule has 0 aliphatic heterocycles. The number of aromatic nitrogens is 4. The number of nitrogens with one attached hydrogen (secondary N) is 3. The minimum Gasteiger partial charge on any atom is -0.384 e. The molecule has 0 saturated carbocycles. The van der Waals surface area contributed by atoms with Gasteiger partial charge in [0.25, 0.3) is 5.91 Å². The van der Waals surface area contributed by atoms with E-state index in [2.05, 4.69) is 20.6 Å². The van der Waals surface area contributed by atoms with Gasteiger partial charge in [0.2, 0.25) is 0 Å². The molecule has 0 atom stereocenters. The number of H-pyrrole nitrogens is 1. The molecule has 0 fully saturated rings. The van der Waals surface area contributed by atoms with Gasteiger partial charge in [-0.1, -0.05) is 12.1 Å². The SMILES string of the molecule is Cc1ccc(C(=N)N)cc1NC(=O)c1cnn2ccc(-c3cn[nH]c3)cc12.